The van der Waals surface area contributed by atoms with E-state index in [9.17, 15) is 0 Å². The molecule has 1 atom stereocenters. The Bertz CT molecular complexity index is 226. The van der Waals surface area contributed by atoms with Crippen LogP contribution in [0.3, 0.4) is 0 Å². The molecule has 2 heteroatoms. The average Bonchev–Trinajstić information content (AvgIpc) is 2.72. The summed E-state index contributed by atoms with van der Waals surface area (Å²) in [5, 5.41) is 3.49. The van der Waals surface area contributed by atoms with Crippen molar-refractivity contribution in [2.75, 3.05) is 6.54 Å². The van der Waals surface area contributed by atoms with Crippen LogP contribution in [-0.2, 0) is 0 Å². The lowest BCUT2D eigenvalue weighted by molar-refractivity contribution is 0.382. The molecule has 14 heavy (non-hydrogen) atoms. The van der Waals surface area contributed by atoms with Gasteiger partial charge in [-0.3, -0.25) is 0 Å². The smallest absolute Gasteiger partial charge is 0.120 e. The van der Waals surface area contributed by atoms with Crippen molar-refractivity contribution >= 4 is 0 Å². The highest BCUT2D eigenvalue weighted by atomic mass is 16.3. The first-order valence-corrected chi connectivity index (χ1v) is 5.54. The predicted molar refractivity (Wildman–Crippen MR) is 59.2 cm³/mol. The summed E-state index contributed by atoms with van der Waals surface area (Å²) < 4.78 is 5.33. The van der Waals surface area contributed by atoms with Crippen LogP contribution >= 0.6 is 0 Å². The van der Waals surface area contributed by atoms with E-state index in [0.717, 1.165) is 18.2 Å². The fraction of sp³-hybridized carbons (Fsp3) is 0.667. The van der Waals surface area contributed by atoms with Crippen LogP contribution in [0.2, 0.25) is 0 Å². The van der Waals surface area contributed by atoms with Crippen LogP contribution in [-0.4, -0.2) is 6.54 Å². The van der Waals surface area contributed by atoms with Crippen LogP contribution < -0.4 is 5.32 Å². The molecule has 80 valence electrons. The van der Waals surface area contributed by atoms with E-state index in [-0.39, 0.29) is 0 Å². The van der Waals surface area contributed by atoms with Gasteiger partial charge in [-0.15, -0.1) is 0 Å². The maximum absolute atomic E-state index is 5.33. The Hall–Kier alpha value is -0.760. The molecule has 2 nitrogen and oxygen atoms in total. The fourth-order valence-electron chi connectivity index (χ4n) is 1.56. The summed E-state index contributed by atoms with van der Waals surface area (Å²) in [7, 11) is 0. The molecule has 0 aromatic carbocycles. The number of hydrogen-bond acceptors (Lipinski definition) is 2. The van der Waals surface area contributed by atoms with Gasteiger partial charge < -0.3 is 9.73 Å². The van der Waals surface area contributed by atoms with Crippen LogP contribution in [0.1, 0.15) is 45.4 Å². The molecule has 1 N–H and O–H groups in total. The van der Waals surface area contributed by atoms with E-state index >= 15 is 0 Å². The Labute approximate surface area is 86.7 Å². The van der Waals surface area contributed by atoms with Gasteiger partial charge >= 0.3 is 0 Å². The van der Waals surface area contributed by atoms with E-state index in [1.54, 1.807) is 6.26 Å². The summed E-state index contributed by atoms with van der Waals surface area (Å²) in [5.41, 5.74) is 0. The second-order valence-corrected chi connectivity index (χ2v) is 3.83. The van der Waals surface area contributed by atoms with Gasteiger partial charge in [0.05, 0.1) is 12.3 Å². The van der Waals surface area contributed by atoms with Crippen LogP contribution in [0.5, 0.6) is 0 Å². The molecule has 0 bridgehead atoms. The van der Waals surface area contributed by atoms with E-state index in [4.69, 9.17) is 4.42 Å². The molecular formula is C12H21NO. The highest BCUT2D eigenvalue weighted by Crippen LogP contribution is 2.14. The van der Waals surface area contributed by atoms with Gasteiger partial charge in [-0.25, -0.2) is 0 Å². The minimum Gasteiger partial charge on any atom is -0.468 e. The number of hydrogen-bond donors (Lipinski definition) is 1. The molecule has 0 saturated heterocycles. The molecule has 0 unspecified atom stereocenters. The summed E-state index contributed by atoms with van der Waals surface area (Å²) in [6.45, 7) is 7.71. The van der Waals surface area contributed by atoms with E-state index < -0.39 is 0 Å². The zero-order chi connectivity index (χ0) is 10.4. The fourth-order valence-corrected chi connectivity index (χ4v) is 1.56. The Kier molecular flexibility index (Phi) is 4.74. The van der Waals surface area contributed by atoms with Gasteiger partial charge in [0.15, 0.2) is 0 Å². The molecule has 0 radical (unpaired) electrons. The molecule has 0 saturated carbocycles. The van der Waals surface area contributed by atoms with Crippen molar-refractivity contribution in [2.24, 2.45) is 5.92 Å². The number of rotatable bonds is 6. The van der Waals surface area contributed by atoms with Gasteiger partial charge in [0.25, 0.3) is 0 Å². The Morgan fingerprint density at radius 2 is 2.07 bits per heavy atom. The lowest BCUT2D eigenvalue weighted by Gasteiger charge is -2.16. The van der Waals surface area contributed by atoms with Gasteiger partial charge in [0, 0.05) is 0 Å². The molecule has 1 aromatic heterocycles. The largest absolute Gasteiger partial charge is 0.468 e. The molecule has 1 rings (SSSR count). The third-order valence-electron chi connectivity index (χ3n) is 2.84. The third-order valence-corrected chi connectivity index (χ3v) is 2.84. The molecule has 0 fully saturated rings. The van der Waals surface area contributed by atoms with E-state index in [2.05, 4.69) is 26.1 Å². The highest BCUT2D eigenvalue weighted by Gasteiger charge is 2.09. The van der Waals surface area contributed by atoms with Crippen molar-refractivity contribution in [3.05, 3.63) is 24.2 Å². The normalized spacial score (nSPS) is 13.4. The highest BCUT2D eigenvalue weighted by molar-refractivity contribution is 5.02. The van der Waals surface area contributed by atoms with Gasteiger partial charge in [-0.05, 0) is 31.5 Å². The molecule has 1 aromatic rings. The van der Waals surface area contributed by atoms with Gasteiger partial charge in [0.1, 0.15) is 5.76 Å². The lowest BCUT2D eigenvalue weighted by atomic mass is 10.0. The molecule has 0 aliphatic carbocycles. The topological polar surface area (TPSA) is 25.2 Å². The second-order valence-electron chi connectivity index (χ2n) is 3.83. The first-order valence-electron chi connectivity index (χ1n) is 5.54. The first-order chi connectivity index (χ1) is 6.77. The standard InChI is InChI=1S/C12H21NO/c1-4-11(5-2)9-13-10(3)12-7-6-8-14-12/h6-8,10-11,13H,4-5,9H2,1-3H3/t10-/m1/s1. The lowest BCUT2D eigenvalue weighted by Crippen LogP contribution is -2.24. The van der Waals surface area contributed by atoms with E-state index in [0.29, 0.717) is 6.04 Å². The zero-order valence-electron chi connectivity index (χ0n) is 9.42. The van der Waals surface area contributed by atoms with Crippen LogP contribution in [0.25, 0.3) is 0 Å². The van der Waals surface area contributed by atoms with Gasteiger partial charge in [-0.2, -0.15) is 0 Å². The molecular weight excluding hydrogens is 174 g/mol. The van der Waals surface area contributed by atoms with Crippen molar-refractivity contribution in [1.29, 1.82) is 0 Å². The number of nitrogens with one attached hydrogen (secondary N) is 1. The third kappa shape index (κ3) is 3.18. The Morgan fingerprint density at radius 1 is 1.36 bits per heavy atom. The van der Waals surface area contributed by atoms with Crippen molar-refractivity contribution in [3.63, 3.8) is 0 Å². The van der Waals surface area contributed by atoms with Gasteiger partial charge in [-0.1, -0.05) is 26.7 Å². The number of furan rings is 1. The van der Waals surface area contributed by atoms with E-state index in [1.165, 1.54) is 12.8 Å². The predicted octanol–water partition coefficient (Wildman–Crippen LogP) is 3.37. The molecule has 0 aliphatic rings. The minimum atomic E-state index is 0.325. The SMILES string of the molecule is CCC(CC)CN[C@H](C)c1ccco1. The Balaban J connectivity index is 2.31. The zero-order valence-corrected chi connectivity index (χ0v) is 9.42. The first kappa shape index (κ1) is 11.3. The van der Waals surface area contributed by atoms with Crippen LogP contribution in [0.4, 0.5) is 0 Å². The maximum Gasteiger partial charge on any atom is 0.120 e. The van der Waals surface area contributed by atoms with Crippen molar-refractivity contribution in [1.82, 2.24) is 5.32 Å². The molecule has 0 aliphatic heterocycles. The molecule has 0 spiro atoms. The molecule has 0 amide bonds. The summed E-state index contributed by atoms with van der Waals surface area (Å²) in [5.74, 6) is 1.81. The summed E-state index contributed by atoms with van der Waals surface area (Å²) >= 11 is 0. The van der Waals surface area contributed by atoms with Gasteiger partial charge in [0.2, 0.25) is 0 Å². The van der Waals surface area contributed by atoms with Crippen molar-refractivity contribution < 1.29 is 4.42 Å². The van der Waals surface area contributed by atoms with Crippen molar-refractivity contribution in [2.45, 2.75) is 39.7 Å². The maximum atomic E-state index is 5.33. The minimum absolute atomic E-state index is 0.325. The monoisotopic (exact) mass is 195 g/mol. The summed E-state index contributed by atoms with van der Waals surface area (Å²) in [4.78, 5) is 0. The summed E-state index contributed by atoms with van der Waals surface area (Å²) in [6.07, 6.45) is 4.22. The van der Waals surface area contributed by atoms with E-state index in [1.807, 2.05) is 12.1 Å². The van der Waals surface area contributed by atoms with Crippen molar-refractivity contribution in [3.8, 4) is 0 Å². The second kappa shape index (κ2) is 5.86. The average molecular weight is 195 g/mol. The summed E-state index contributed by atoms with van der Waals surface area (Å²) in [6, 6.07) is 4.28. The van der Waals surface area contributed by atoms with Crippen LogP contribution in [0.15, 0.2) is 22.8 Å². The quantitative estimate of drug-likeness (QED) is 0.753. The Morgan fingerprint density at radius 3 is 2.57 bits per heavy atom. The van der Waals surface area contributed by atoms with Crippen LogP contribution in [0, 0.1) is 5.92 Å². The molecule has 1 heterocycles.